The summed E-state index contributed by atoms with van der Waals surface area (Å²) in [4.78, 5) is 0. The number of fused-ring (bicyclic) bond motifs is 2. The first-order valence-electron chi connectivity index (χ1n) is 15.9. The average Bonchev–Trinajstić information content (AvgIpc) is 3.46. The first-order chi connectivity index (χ1) is 19.0. The largest absolute Gasteiger partial charge is 1.00 e. The van der Waals surface area contributed by atoms with Gasteiger partial charge < -0.3 is 24.8 Å². The van der Waals surface area contributed by atoms with Crippen molar-refractivity contribution in [2.45, 2.75) is 111 Å². The Kier molecular flexibility index (Phi) is 17.3. The van der Waals surface area contributed by atoms with Gasteiger partial charge in [0.15, 0.2) is 0 Å². The van der Waals surface area contributed by atoms with E-state index in [0.29, 0.717) is 0 Å². The summed E-state index contributed by atoms with van der Waals surface area (Å²) in [7, 11) is -0.154. The Hall–Kier alpha value is 0.243. The summed E-state index contributed by atoms with van der Waals surface area (Å²) in [6, 6.07) is 19.0. The molecule has 0 nitrogen and oxygen atoms in total. The Bertz CT molecular complexity index is 1110. The fourth-order valence-corrected chi connectivity index (χ4v) is 20.1. The van der Waals surface area contributed by atoms with Crippen molar-refractivity contribution in [2.75, 3.05) is 12.3 Å². The van der Waals surface area contributed by atoms with Gasteiger partial charge in [-0.2, -0.15) is 0 Å². The SMILES string of the molecule is CCCCCCP(CCCCCC)C1=Cc2ccccc2[CH]1[Zr+2][CH]1C(P(C(C)C)C(C)C)=Cc2ccccc21.[Cl-].[Cl-]. The van der Waals surface area contributed by atoms with E-state index in [0.717, 1.165) is 18.6 Å². The maximum absolute atomic E-state index is 2.71. The molecule has 2 aromatic carbocycles. The zero-order chi connectivity index (χ0) is 27.8. The van der Waals surface area contributed by atoms with E-state index in [1.54, 1.807) is 16.7 Å². The molecule has 0 aromatic heterocycles. The van der Waals surface area contributed by atoms with E-state index in [9.17, 15) is 0 Å². The van der Waals surface area contributed by atoms with Crippen LogP contribution in [0.4, 0.5) is 0 Å². The van der Waals surface area contributed by atoms with Crippen molar-refractivity contribution >= 4 is 28.0 Å². The first-order valence-corrected chi connectivity index (χ1v) is 21.9. The van der Waals surface area contributed by atoms with E-state index < -0.39 is 23.2 Å². The van der Waals surface area contributed by atoms with E-state index in [1.807, 2.05) is 10.6 Å². The second-order valence-corrected chi connectivity index (χ2v) is 21.7. The van der Waals surface area contributed by atoms with Crippen LogP contribution < -0.4 is 24.8 Å². The van der Waals surface area contributed by atoms with Crippen LogP contribution in [0.15, 0.2) is 59.2 Å². The minimum Gasteiger partial charge on any atom is -1.00 e. The standard InChI is InChI=1S/C21H32P.C15H20P.2ClH.Zr/c1-3-5-7-11-15-22(16-12-8-6-4-2)21-17-19-13-9-10-14-20(19)18-21;1-11(2)16(12(3)4)15-9-13-7-5-6-8-14(13)10-15;;;/h9-10,13-14,17-18H,3-8,11-12,15-16H2,1-2H3;5-12H,1-4H3;2*1H;/q;;;;+2/p-2. The van der Waals surface area contributed by atoms with Gasteiger partial charge in [0.2, 0.25) is 0 Å². The van der Waals surface area contributed by atoms with Gasteiger partial charge in [0.05, 0.1) is 0 Å². The molecule has 0 bridgehead atoms. The van der Waals surface area contributed by atoms with Crippen LogP contribution in [0.25, 0.3) is 12.2 Å². The fourth-order valence-electron chi connectivity index (χ4n) is 6.65. The molecule has 41 heavy (non-hydrogen) atoms. The molecule has 0 heterocycles. The molecule has 0 fully saturated rings. The number of unbranched alkanes of at least 4 members (excludes halogenated alkanes) is 6. The number of allylic oxidation sites excluding steroid dienone is 2. The third-order valence-electron chi connectivity index (χ3n) is 8.48. The minimum absolute atomic E-state index is 0. The molecular weight excluding hydrogens is 656 g/mol. The summed E-state index contributed by atoms with van der Waals surface area (Å²) >= 11 is -0.854. The predicted octanol–water partition coefficient (Wildman–Crippen LogP) is 6.21. The van der Waals surface area contributed by atoms with Crippen molar-refractivity contribution in [2.24, 2.45) is 0 Å². The monoisotopic (exact) mass is 706 g/mol. The van der Waals surface area contributed by atoms with E-state index in [2.05, 4.69) is 102 Å². The van der Waals surface area contributed by atoms with Crippen LogP contribution in [0, 0.1) is 0 Å². The number of rotatable bonds is 16. The molecule has 0 spiro atoms. The maximum atomic E-state index is 2.71. The molecule has 0 radical (unpaired) electrons. The fraction of sp³-hybridized carbons (Fsp3) is 0.556. The smallest absolute Gasteiger partial charge is 1.00 e. The summed E-state index contributed by atoms with van der Waals surface area (Å²) in [6.45, 7) is 14.6. The molecule has 0 amide bonds. The Morgan fingerprint density at radius 3 is 1.51 bits per heavy atom. The van der Waals surface area contributed by atoms with Gasteiger partial charge in [-0.3, -0.25) is 0 Å². The molecule has 4 rings (SSSR count). The van der Waals surface area contributed by atoms with Crippen molar-refractivity contribution in [3.05, 3.63) is 81.4 Å². The second-order valence-electron chi connectivity index (χ2n) is 12.1. The van der Waals surface area contributed by atoms with Crippen molar-refractivity contribution < 1.29 is 48.0 Å². The molecule has 224 valence electrons. The quantitative estimate of drug-likeness (QED) is 0.144. The summed E-state index contributed by atoms with van der Waals surface area (Å²) < 4.78 is 1.49. The van der Waals surface area contributed by atoms with Crippen LogP contribution in [0.3, 0.4) is 0 Å². The Labute approximate surface area is 279 Å². The van der Waals surface area contributed by atoms with Gasteiger partial charge in [-0.05, 0) is 0 Å². The molecular formula is C36H52Cl2P2Zr. The van der Waals surface area contributed by atoms with Gasteiger partial charge in [0.1, 0.15) is 0 Å². The van der Waals surface area contributed by atoms with Crippen LogP contribution in [0.5, 0.6) is 0 Å². The Morgan fingerprint density at radius 2 is 1.05 bits per heavy atom. The van der Waals surface area contributed by atoms with Crippen LogP contribution in [-0.2, 0) is 23.2 Å². The number of halogens is 2. The van der Waals surface area contributed by atoms with Crippen LogP contribution >= 0.6 is 15.8 Å². The molecule has 2 aromatic rings. The Balaban J connectivity index is 0.00000294. The molecule has 2 aliphatic carbocycles. The van der Waals surface area contributed by atoms with Gasteiger partial charge in [0.25, 0.3) is 0 Å². The second kappa shape index (κ2) is 18.9. The normalized spacial score (nSPS) is 17.2. The minimum atomic E-state index is -0.854. The molecule has 0 saturated heterocycles. The molecule has 2 unspecified atom stereocenters. The summed E-state index contributed by atoms with van der Waals surface area (Å²) in [5.41, 5.74) is 7.96. The summed E-state index contributed by atoms with van der Waals surface area (Å²) in [5.74, 6) is 0. The van der Waals surface area contributed by atoms with Crippen LogP contribution in [-0.4, -0.2) is 23.6 Å². The van der Waals surface area contributed by atoms with Crippen LogP contribution in [0.2, 0.25) is 0 Å². The Morgan fingerprint density at radius 1 is 0.610 bits per heavy atom. The molecule has 0 N–H and O–H groups in total. The van der Waals surface area contributed by atoms with E-state index >= 15 is 0 Å². The van der Waals surface area contributed by atoms with Crippen LogP contribution in [0.1, 0.15) is 122 Å². The van der Waals surface area contributed by atoms with Crippen molar-refractivity contribution in [1.29, 1.82) is 0 Å². The molecule has 0 aliphatic heterocycles. The zero-order valence-electron chi connectivity index (χ0n) is 26.3. The van der Waals surface area contributed by atoms with Crippen molar-refractivity contribution in [3.63, 3.8) is 0 Å². The summed E-state index contributed by atoms with van der Waals surface area (Å²) in [5, 5.41) is 3.76. The third kappa shape index (κ3) is 9.61. The van der Waals surface area contributed by atoms with E-state index in [-0.39, 0.29) is 40.7 Å². The predicted molar refractivity (Wildman–Crippen MR) is 176 cm³/mol. The number of hydrogen-bond donors (Lipinski definition) is 0. The maximum Gasteiger partial charge on any atom is -1.00 e. The average molecular weight is 709 g/mol. The zero-order valence-corrected chi connectivity index (χ0v) is 32.1. The topological polar surface area (TPSA) is 0 Å². The molecule has 0 saturated carbocycles. The number of benzene rings is 2. The molecule has 2 atom stereocenters. The van der Waals surface area contributed by atoms with Gasteiger partial charge >= 0.3 is 256 Å². The van der Waals surface area contributed by atoms with E-state index in [4.69, 9.17) is 0 Å². The van der Waals surface area contributed by atoms with Gasteiger partial charge in [-0.15, -0.1) is 0 Å². The third-order valence-corrected chi connectivity index (χ3v) is 20.4. The van der Waals surface area contributed by atoms with Crippen molar-refractivity contribution in [3.8, 4) is 0 Å². The van der Waals surface area contributed by atoms with Crippen molar-refractivity contribution in [1.82, 2.24) is 0 Å². The van der Waals surface area contributed by atoms with Gasteiger partial charge in [-0.25, -0.2) is 0 Å². The molecule has 5 heteroatoms. The first kappa shape index (κ1) is 37.4. The van der Waals surface area contributed by atoms with Gasteiger partial charge in [-0.1, -0.05) is 0 Å². The van der Waals surface area contributed by atoms with E-state index in [1.165, 1.54) is 69.3 Å². The van der Waals surface area contributed by atoms with Gasteiger partial charge in [0, 0.05) is 0 Å². The summed E-state index contributed by atoms with van der Waals surface area (Å²) in [6.07, 6.45) is 19.5. The molecule has 2 aliphatic rings. The number of hydrogen-bond acceptors (Lipinski definition) is 0.